The second kappa shape index (κ2) is 11.0. The molecule has 5 rings (SSSR count). The molecule has 1 aromatic heterocycles. The molecule has 1 saturated heterocycles. The van der Waals surface area contributed by atoms with E-state index in [1.807, 2.05) is 17.5 Å². The van der Waals surface area contributed by atoms with Gasteiger partial charge in [-0.1, -0.05) is 53.5 Å². The number of amides is 1. The lowest BCUT2D eigenvalue weighted by molar-refractivity contribution is 0.0697. The Kier molecular flexibility index (Phi) is 7.58. The predicted octanol–water partition coefficient (Wildman–Crippen LogP) is 7.06. The first kappa shape index (κ1) is 25.4. The highest BCUT2D eigenvalue weighted by molar-refractivity contribution is 7.13. The maximum absolute atomic E-state index is 12.5. The van der Waals surface area contributed by atoms with Gasteiger partial charge in [0.05, 0.1) is 27.4 Å². The Hall–Kier alpha value is -3.23. The van der Waals surface area contributed by atoms with Crippen LogP contribution in [0.2, 0.25) is 10.0 Å². The molecule has 2 N–H and O–H groups in total. The van der Waals surface area contributed by atoms with Crippen molar-refractivity contribution in [1.82, 2.24) is 10.3 Å². The van der Waals surface area contributed by atoms with Crippen LogP contribution in [0.1, 0.15) is 33.6 Å². The number of halogens is 2. The quantitative estimate of drug-likeness (QED) is 0.256. The molecule has 1 fully saturated rings. The number of carbonyl (C=O) groups excluding carboxylic acids is 1. The molecule has 2 heterocycles. The molecule has 188 valence electrons. The van der Waals surface area contributed by atoms with Crippen molar-refractivity contribution in [3.63, 3.8) is 0 Å². The van der Waals surface area contributed by atoms with Crippen molar-refractivity contribution in [1.29, 1.82) is 0 Å². The number of aromatic carboxylic acids is 1. The Morgan fingerprint density at radius 3 is 2.46 bits per heavy atom. The first-order chi connectivity index (χ1) is 17.9. The fourth-order valence-corrected chi connectivity index (χ4v) is 5.34. The van der Waals surface area contributed by atoms with Gasteiger partial charge in [0.15, 0.2) is 0 Å². The summed E-state index contributed by atoms with van der Waals surface area (Å²) in [5.41, 5.74) is 4.17. The summed E-state index contributed by atoms with van der Waals surface area (Å²) in [6, 6.07) is 17.5. The summed E-state index contributed by atoms with van der Waals surface area (Å²) in [5, 5.41) is 16.3. The summed E-state index contributed by atoms with van der Waals surface area (Å²) < 4.78 is 5.54. The number of hydrogen-bond donors (Lipinski definition) is 2. The van der Waals surface area contributed by atoms with Crippen LogP contribution in [-0.4, -0.2) is 41.2 Å². The van der Waals surface area contributed by atoms with E-state index in [4.69, 9.17) is 27.9 Å². The fraction of sp³-hybridized carbons (Fsp3) is 0.179. The van der Waals surface area contributed by atoms with E-state index < -0.39 is 5.97 Å². The average molecular weight is 553 g/mol. The fourth-order valence-electron chi connectivity index (χ4n) is 4.22. The van der Waals surface area contributed by atoms with Gasteiger partial charge < -0.3 is 15.2 Å². The largest absolute Gasteiger partial charge is 0.478 e. The van der Waals surface area contributed by atoms with E-state index in [9.17, 15) is 14.7 Å². The molecule has 4 aromatic rings. The zero-order valence-electron chi connectivity index (χ0n) is 19.5. The number of hydrogen-bond acceptors (Lipinski definition) is 5. The monoisotopic (exact) mass is 552 g/mol. The van der Waals surface area contributed by atoms with Crippen molar-refractivity contribution in [2.24, 2.45) is 0 Å². The smallest absolute Gasteiger partial charge is 0.336 e. The lowest BCUT2D eigenvalue weighted by Crippen LogP contribution is -2.31. The zero-order valence-corrected chi connectivity index (χ0v) is 21.9. The minimum absolute atomic E-state index is 0.0674. The van der Waals surface area contributed by atoms with Gasteiger partial charge in [0.1, 0.15) is 5.01 Å². The van der Waals surface area contributed by atoms with Crippen molar-refractivity contribution in [2.75, 3.05) is 13.2 Å². The summed E-state index contributed by atoms with van der Waals surface area (Å²) in [6.07, 6.45) is 2.03. The summed E-state index contributed by atoms with van der Waals surface area (Å²) in [6.45, 7) is 1.22. The van der Waals surface area contributed by atoms with Crippen LogP contribution in [0.15, 0.2) is 66.0 Å². The standard InChI is InChI=1S/C28H22Cl2N2O4S/c29-23-10-8-18(13-24(23)30)25-15-37-27(32-25)19-7-9-21(22(12-19)28(34)35)16-3-5-17(6-4-16)26(33)31-14-20-2-1-11-36-20/h3-10,12-13,15,20H,1-2,11,14H2,(H,31,33)(H,34,35). The van der Waals surface area contributed by atoms with Crippen LogP contribution in [0.3, 0.4) is 0 Å². The Bertz CT molecular complexity index is 1460. The van der Waals surface area contributed by atoms with Crippen LogP contribution in [-0.2, 0) is 4.74 Å². The van der Waals surface area contributed by atoms with Gasteiger partial charge in [-0.3, -0.25) is 4.79 Å². The number of nitrogens with one attached hydrogen (secondary N) is 1. The van der Waals surface area contributed by atoms with Crippen LogP contribution in [0, 0.1) is 0 Å². The van der Waals surface area contributed by atoms with E-state index in [1.165, 1.54) is 11.3 Å². The molecule has 0 aliphatic carbocycles. The summed E-state index contributed by atoms with van der Waals surface area (Å²) >= 11 is 13.6. The van der Waals surface area contributed by atoms with Crippen LogP contribution >= 0.6 is 34.5 Å². The molecule has 1 aliphatic heterocycles. The molecule has 37 heavy (non-hydrogen) atoms. The van der Waals surface area contributed by atoms with Crippen molar-refractivity contribution in [3.05, 3.63) is 87.2 Å². The number of carboxylic acid groups (broad SMARTS) is 1. The molecule has 6 nitrogen and oxygen atoms in total. The third kappa shape index (κ3) is 5.70. The van der Waals surface area contributed by atoms with Gasteiger partial charge >= 0.3 is 5.97 Å². The van der Waals surface area contributed by atoms with Crippen LogP contribution in [0.4, 0.5) is 0 Å². The van der Waals surface area contributed by atoms with Gasteiger partial charge in [0.25, 0.3) is 5.91 Å². The van der Waals surface area contributed by atoms with Crippen LogP contribution in [0.5, 0.6) is 0 Å². The molecule has 0 bridgehead atoms. The van der Waals surface area contributed by atoms with Gasteiger partial charge in [0, 0.05) is 35.2 Å². The maximum Gasteiger partial charge on any atom is 0.336 e. The summed E-state index contributed by atoms with van der Waals surface area (Å²) in [5.74, 6) is -1.23. The normalized spacial score (nSPS) is 15.0. The van der Waals surface area contributed by atoms with E-state index in [0.29, 0.717) is 43.9 Å². The van der Waals surface area contributed by atoms with Gasteiger partial charge in [-0.05, 0) is 54.3 Å². The number of carbonyl (C=O) groups is 2. The highest BCUT2D eigenvalue weighted by Crippen LogP contribution is 2.34. The molecular formula is C28H22Cl2N2O4S. The molecule has 1 aliphatic rings. The Balaban J connectivity index is 1.36. The van der Waals surface area contributed by atoms with E-state index in [0.717, 1.165) is 30.7 Å². The Morgan fingerprint density at radius 1 is 1.00 bits per heavy atom. The van der Waals surface area contributed by atoms with Crippen LogP contribution in [0.25, 0.3) is 33.0 Å². The topological polar surface area (TPSA) is 88.5 Å². The van der Waals surface area contributed by atoms with Gasteiger partial charge in [0.2, 0.25) is 0 Å². The Morgan fingerprint density at radius 2 is 1.76 bits per heavy atom. The van der Waals surface area contributed by atoms with Crippen molar-refractivity contribution >= 4 is 46.4 Å². The number of nitrogens with zero attached hydrogens (tertiary/aromatic N) is 1. The summed E-state index contributed by atoms with van der Waals surface area (Å²) in [7, 11) is 0. The number of ether oxygens (including phenoxy) is 1. The molecule has 9 heteroatoms. The Labute approximate surface area is 227 Å². The first-order valence-electron chi connectivity index (χ1n) is 11.7. The van der Waals surface area contributed by atoms with Crippen molar-refractivity contribution in [2.45, 2.75) is 18.9 Å². The minimum atomic E-state index is -1.04. The van der Waals surface area contributed by atoms with Gasteiger partial charge in [-0.2, -0.15) is 0 Å². The second-order valence-electron chi connectivity index (χ2n) is 8.65. The molecule has 1 atom stereocenters. The lowest BCUT2D eigenvalue weighted by Gasteiger charge is -2.12. The zero-order chi connectivity index (χ0) is 25.9. The molecule has 0 radical (unpaired) electrons. The maximum atomic E-state index is 12.5. The highest BCUT2D eigenvalue weighted by atomic mass is 35.5. The SMILES string of the molecule is O=C(NCC1CCCO1)c1ccc(-c2ccc(-c3nc(-c4ccc(Cl)c(Cl)c4)cs3)cc2C(=O)O)cc1. The van der Waals surface area contributed by atoms with E-state index >= 15 is 0 Å². The molecule has 1 unspecified atom stereocenters. The van der Waals surface area contributed by atoms with Gasteiger partial charge in [-0.15, -0.1) is 11.3 Å². The molecular weight excluding hydrogens is 531 g/mol. The van der Waals surface area contributed by atoms with Crippen molar-refractivity contribution < 1.29 is 19.4 Å². The summed E-state index contributed by atoms with van der Waals surface area (Å²) in [4.78, 5) is 29.3. The highest BCUT2D eigenvalue weighted by Gasteiger charge is 2.18. The number of aromatic nitrogens is 1. The number of thiazole rings is 1. The molecule has 1 amide bonds. The van der Waals surface area contributed by atoms with Crippen molar-refractivity contribution in [3.8, 4) is 33.0 Å². The molecule has 0 saturated carbocycles. The predicted molar refractivity (Wildman–Crippen MR) is 147 cm³/mol. The van der Waals surface area contributed by atoms with E-state index in [2.05, 4.69) is 10.3 Å². The number of carboxylic acids is 1. The van der Waals surface area contributed by atoms with E-state index in [-0.39, 0.29) is 17.6 Å². The van der Waals surface area contributed by atoms with Crippen LogP contribution < -0.4 is 5.32 Å². The second-order valence-corrected chi connectivity index (χ2v) is 10.3. The minimum Gasteiger partial charge on any atom is -0.478 e. The molecule has 3 aromatic carbocycles. The number of rotatable bonds is 7. The third-order valence-corrected chi connectivity index (χ3v) is 7.82. The van der Waals surface area contributed by atoms with Gasteiger partial charge in [-0.25, -0.2) is 9.78 Å². The third-order valence-electron chi connectivity index (χ3n) is 6.19. The number of benzene rings is 3. The first-order valence-corrected chi connectivity index (χ1v) is 13.3. The van der Waals surface area contributed by atoms with E-state index in [1.54, 1.807) is 48.5 Å². The lowest BCUT2D eigenvalue weighted by atomic mass is 9.96. The molecule has 0 spiro atoms. The average Bonchev–Trinajstić information content (AvgIpc) is 3.61.